The van der Waals surface area contributed by atoms with Crippen LogP contribution in [0.5, 0.6) is 0 Å². The molecular formula is C13H14Br2N2S. The maximum Gasteiger partial charge on any atom is 0.185 e. The second kappa shape index (κ2) is 6.17. The molecule has 0 saturated carbocycles. The molecule has 1 fully saturated rings. The van der Waals surface area contributed by atoms with Crippen LogP contribution in [0, 0.1) is 0 Å². The van der Waals surface area contributed by atoms with Gasteiger partial charge in [-0.25, -0.2) is 4.98 Å². The van der Waals surface area contributed by atoms with Gasteiger partial charge in [-0.2, -0.15) is 0 Å². The number of aromatic nitrogens is 1. The smallest absolute Gasteiger partial charge is 0.185 e. The molecule has 1 aromatic carbocycles. The summed E-state index contributed by atoms with van der Waals surface area (Å²) in [5.74, 6) is 0. The maximum atomic E-state index is 4.72. The highest BCUT2D eigenvalue weighted by Gasteiger charge is 2.15. The standard InChI is InChI=1S/C13H13BrN2S.BrH/c14-11-5-3-10(4-6-11)12-9-17-13(15-12)16-7-1-2-8-16;/h3-6,9H,1-2,7-8H2;1H. The van der Waals surface area contributed by atoms with Crippen LogP contribution in [0.2, 0.25) is 0 Å². The molecule has 1 aliphatic rings. The lowest BCUT2D eigenvalue weighted by Crippen LogP contribution is -2.17. The average Bonchev–Trinajstić information content (AvgIpc) is 3.00. The number of hydrogen-bond donors (Lipinski definition) is 0. The van der Waals surface area contributed by atoms with E-state index in [0.717, 1.165) is 23.3 Å². The third kappa shape index (κ3) is 2.95. The fraction of sp³-hybridized carbons (Fsp3) is 0.308. The minimum atomic E-state index is 0. The zero-order valence-corrected chi connectivity index (χ0v) is 13.9. The van der Waals surface area contributed by atoms with Gasteiger partial charge in [-0.1, -0.05) is 28.1 Å². The number of halogens is 2. The van der Waals surface area contributed by atoms with E-state index < -0.39 is 0 Å². The molecule has 0 amide bonds. The van der Waals surface area contributed by atoms with E-state index >= 15 is 0 Å². The molecule has 0 spiro atoms. The first kappa shape index (κ1) is 14.0. The van der Waals surface area contributed by atoms with Crippen LogP contribution in [0.15, 0.2) is 34.1 Å². The molecule has 1 aliphatic heterocycles. The summed E-state index contributed by atoms with van der Waals surface area (Å²) in [7, 11) is 0. The quantitative estimate of drug-likeness (QED) is 0.736. The van der Waals surface area contributed by atoms with Crippen LogP contribution in [-0.2, 0) is 0 Å². The lowest BCUT2D eigenvalue weighted by atomic mass is 10.2. The molecule has 3 rings (SSSR count). The van der Waals surface area contributed by atoms with Gasteiger partial charge in [0.1, 0.15) is 0 Å². The third-order valence-electron chi connectivity index (χ3n) is 3.01. The Morgan fingerprint density at radius 2 is 1.78 bits per heavy atom. The monoisotopic (exact) mass is 388 g/mol. The SMILES string of the molecule is Br.Brc1ccc(-c2csc(N3CCCC3)n2)cc1. The molecule has 1 aromatic heterocycles. The van der Waals surface area contributed by atoms with E-state index in [9.17, 15) is 0 Å². The normalized spacial score (nSPS) is 14.6. The highest BCUT2D eigenvalue weighted by atomic mass is 79.9. The number of thiazole rings is 1. The minimum absolute atomic E-state index is 0. The summed E-state index contributed by atoms with van der Waals surface area (Å²) < 4.78 is 1.11. The Bertz CT molecular complexity index is 504. The molecule has 0 N–H and O–H groups in total. The van der Waals surface area contributed by atoms with Crippen molar-refractivity contribution in [2.24, 2.45) is 0 Å². The van der Waals surface area contributed by atoms with Crippen molar-refractivity contribution in [3.63, 3.8) is 0 Å². The Balaban J connectivity index is 0.00000120. The van der Waals surface area contributed by atoms with E-state index in [2.05, 4.69) is 50.5 Å². The van der Waals surface area contributed by atoms with Crippen LogP contribution < -0.4 is 4.90 Å². The van der Waals surface area contributed by atoms with Gasteiger partial charge in [-0.05, 0) is 25.0 Å². The lowest BCUT2D eigenvalue weighted by molar-refractivity contribution is 0.949. The fourth-order valence-corrected chi connectivity index (χ4v) is 3.22. The molecule has 0 radical (unpaired) electrons. The zero-order chi connectivity index (χ0) is 11.7. The van der Waals surface area contributed by atoms with E-state index in [4.69, 9.17) is 4.98 Å². The highest BCUT2D eigenvalue weighted by molar-refractivity contribution is 9.10. The van der Waals surface area contributed by atoms with E-state index in [1.165, 1.54) is 23.5 Å². The van der Waals surface area contributed by atoms with E-state index in [-0.39, 0.29) is 17.0 Å². The molecule has 18 heavy (non-hydrogen) atoms. The Morgan fingerprint density at radius 3 is 2.44 bits per heavy atom. The van der Waals surface area contributed by atoms with Crippen molar-refractivity contribution in [3.05, 3.63) is 34.1 Å². The maximum absolute atomic E-state index is 4.72. The Labute approximate surface area is 130 Å². The summed E-state index contributed by atoms with van der Waals surface area (Å²) in [6.45, 7) is 2.32. The minimum Gasteiger partial charge on any atom is -0.348 e. The predicted molar refractivity (Wildman–Crippen MR) is 87.0 cm³/mol. The van der Waals surface area contributed by atoms with Crippen molar-refractivity contribution in [1.82, 2.24) is 4.98 Å². The Hall–Kier alpha value is -0.390. The van der Waals surface area contributed by atoms with E-state index in [1.54, 1.807) is 11.3 Å². The zero-order valence-electron chi connectivity index (χ0n) is 9.80. The summed E-state index contributed by atoms with van der Waals surface area (Å²) in [5.41, 5.74) is 2.28. The summed E-state index contributed by atoms with van der Waals surface area (Å²) in [6.07, 6.45) is 2.60. The number of nitrogens with zero attached hydrogens (tertiary/aromatic N) is 2. The van der Waals surface area contributed by atoms with Gasteiger partial charge in [-0.15, -0.1) is 28.3 Å². The van der Waals surface area contributed by atoms with Crippen molar-refractivity contribution in [2.45, 2.75) is 12.8 Å². The molecular weight excluding hydrogens is 376 g/mol. The molecule has 96 valence electrons. The number of benzene rings is 1. The average molecular weight is 390 g/mol. The van der Waals surface area contributed by atoms with Crippen LogP contribution in [0.1, 0.15) is 12.8 Å². The Kier molecular flexibility index (Phi) is 4.81. The summed E-state index contributed by atoms with van der Waals surface area (Å²) in [5, 5.41) is 3.32. The molecule has 1 saturated heterocycles. The van der Waals surface area contributed by atoms with Crippen LogP contribution in [0.3, 0.4) is 0 Å². The Morgan fingerprint density at radius 1 is 1.11 bits per heavy atom. The van der Waals surface area contributed by atoms with Crippen molar-refractivity contribution in [1.29, 1.82) is 0 Å². The van der Waals surface area contributed by atoms with Gasteiger partial charge in [-0.3, -0.25) is 0 Å². The van der Waals surface area contributed by atoms with Crippen molar-refractivity contribution >= 4 is 49.4 Å². The predicted octanol–water partition coefficient (Wildman–Crippen LogP) is 4.75. The molecule has 5 heteroatoms. The molecule has 0 atom stereocenters. The van der Waals surface area contributed by atoms with E-state index in [0.29, 0.717) is 0 Å². The van der Waals surface area contributed by atoms with Gasteiger partial charge in [0.15, 0.2) is 5.13 Å². The highest BCUT2D eigenvalue weighted by Crippen LogP contribution is 2.29. The van der Waals surface area contributed by atoms with Crippen molar-refractivity contribution in [3.8, 4) is 11.3 Å². The van der Waals surface area contributed by atoms with Crippen LogP contribution in [-0.4, -0.2) is 18.1 Å². The first-order chi connectivity index (χ1) is 8.33. The first-order valence-electron chi connectivity index (χ1n) is 5.79. The van der Waals surface area contributed by atoms with Gasteiger partial charge in [0.25, 0.3) is 0 Å². The lowest BCUT2D eigenvalue weighted by Gasteiger charge is -2.12. The van der Waals surface area contributed by atoms with Gasteiger partial charge in [0.2, 0.25) is 0 Å². The van der Waals surface area contributed by atoms with Crippen molar-refractivity contribution < 1.29 is 0 Å². The molecule has 2 heterocycles. The number of anilines is 1. The second-order valence-electron chi connectivity index (χ2n) is 4.22. The molecule has 0 unspecified atom stereocenters. The van der Waals surface area contributed by atoms with Crippen LogP contribution in [0.4, 0.5) is 5.13 Å². The van der Waals surface area contributed by atoms with Gasteiger partial charge in [0, 0.05) is 28.5 Å². The molecule has 2 aromatic rings. The number of rotatable bonds is 2. The molecule has 2 nitrogen and oxygen atoms in total. The van der Waals surface area contributed by atoms with E-state index in [1.807, 2.05) is 0 Å². The summed E-state index contributed by atoms with van der Waals surface area (Å²) in [6, 6.07) is 8.33. The van der Waals surface area contributed by atoms with Gasteiger partial charge in [0.05, 0.1) is 5.69 Å². The van der Waals surface area contributed by atoms with Crippen LogP contribution >= 0.6 is 44.2 Å². The topological polar surface area (TPSA) is 16.1 Å². The third-order valence-corrected chi connectivity index (χ3v) is 4.44. The summed E-state index contributed by atoms with van der Waals surface area (Å²) >= 11 is 5.20. The number of hydrogen-bond acceptors (Lipinski definition) is 3. The molecule has 0 aliphatic carbocycles. The molecule has 0 bridgehead atoms. The fourth-order valence-electron chi connectivity index (χ4n) is 2.07. The first-order valence-corrected chi connectivity index (χ1v) is 7.46. The van der Waals surface area contributed by atoms with Gasteiger partial charge >= 0.3 is 0 Å². The van der Waals surface area contributed by atoms with Crippen LogP contribution in [0.25, 0.3) is 11.3 Å². The summed E-state index contributed by atoms with van der Waals surface area (Å²) in [4.78, 5) is 7.10. The largest absolute Gasteiger partial charge is 0.348 e. The van der Waals surface area contributed by atoms with Gasteiger partial charge < -0.3 is 4.90 Å². The second-order valence-corrected chi connectivity index (χ2v) is 5.97. The van der Waals surface area contributed by atoms with Crippen molar-refractivity contribution in [2.75, 3.05) is 18.0 Å².